The molecular weight excluding hydrogens is 410 g/mol. The van der Waals surface area contributed by atoms with Gasteiger partial charge in [-0.3, -0.25) is 14.4 Å². The number of carbonyl (C=O) groups excluding carboxylic acids is 3. The third-order valence-corrected chi connectivity index (χ3v) is 5.62. The molecule has 166 valence electrons. The Morgan fingerprint density at radius 1 is 1.22 bits per heavy atom. The first-order chi connectivity index (χ1) is 15.4. The number of ketones is 1. The Kier molecular flexibility index (Phi) is 5.99. The summed E-state index contributed by atoms with van der Waals surface area (Å²) in [6, 6.07) is 11.2. The first-order valence-corrected chi connectivity index (χ1v) is 10.7. The molecule has 2 aromatic rings. The van der Waals surface area contributed by atoms with Gasteiger partial charge in [0, 0.05) is 19.0 Å². The van der Waals surface area contributed by atoms with Crippen molar-refractivity contribution in [3.8, 4) is 11.5 Å². The van der Waals surface area contributed by atoms with Gasteiger partial charge in [-0.05, 0) is 60.7 Å². The number of aliphatic hydroxyl groups excluding tert-OH is 1. The van der Waals surface area contributed by atoms with Crippen LogP contribution in [0.25, 0.3) is 5.76 Å². The molecular formula is C25H25NO6. The summed E-state index contributed by atoms with van der Waals surface area (Å²) < 4.78 is 10.8. The van der Waals surface area contributed by atoms with Crippen LogP contribution >= 0.6 is 0 Å². The summed E-state index contributed by atoms with van der Waals surface area (Å²) in [7, 11) is 0. The van der Waals surface area contributed by atoms with Gasteiger partial charge in [0.05, 0.1) is 18.2 Å². The van der Waals surface area contributed by atoms with Gasteiger partial charge in [0.15, 0.2) is 0 Å². The van der Waals surface area contributed by atoms with Crippen LogP contribution in [0.15, 0.2) is 48.0 Å². The third-order valence-electron chi connectivity index (χ3n) is 5.62. The number of Topliss-reactive ketones (excluding diaryl/α,β-unsaturated/α-hetero) is 1. The number of amides is 1. The van der Waals surface area contributed by atoms with Gasteiger partial charge >= 0.3 is 5.97 Å². The summed E-state index contributed by atoms with van der Waals surface area (Å²) >= 11 is 0. The van der Waals surface area contributed by atoms with E-state index in [9.17, 15) is 19.5 Å². The first kappa shape index (κ1) is 21.6. The summed E-state index contributed by atoms with van der Waals surface area (Å²) in [5.74, 6) is -1.00. The lowest BCUT2D eigenvalue weighted by Crippen LogP contribution is -2.30. The van der Waals surface area contributed by atoms with Crippen molar-refractivity contribution in [3.05, 3.63) is 64.7 Å². The zero-order chi connectivity index (χ0) is 22.8. The molecule has 1 amide bonds. The number of likely N-dealkylation sites (tertiary alicyclic amines) is 1. The average Bonchev–Trinajstić information content (AvgIpc) is 3.03. The highest BCUT2D eigenvalue weighted by Crippen LogP contribution is 2.41. The number of rotatable bonds is 5. The van der Waals surface area contributed by atoms with E-state index in [-0.39, 0.29) is 11.3 Å². The van der Waals surface area contributed by atoms with E-state index < -0.39 is 23.7 Å². The molecule has 0 spiro atoms. The Morgan fingerprint density at radius 3 is 2.78 bits per heavy atom. The zero-order valence-electron chi connectivity index (χ0n) is 18.1. The number of ether oxygens (including phenoxy) is 2. The van der Waals surface area contributed by atoms with Crippen molar-refractivity contribution in [2.75, 3.05) is 13.2 Å². The van der Waals surface area contributed by atoms with Crippen LogP contribution in [0.1, 0.15) is 49.4 Å². The average molecular weight is 435 g/mol. The predicted molar refractivity (Wildman–Crippen MR) is 117 cm³/mol. The third kappa shape index (κ3) is 3.98. The second kappa shape index (κ2) is 8.86. The van der Waals surface area contributed by atoms with Crippen molar-refractivity contribution >= 4 is 23.4 Å². The summed E-state index contributed by atoms with van der Waals surface area (Å²) in [4.78, 5) is 38.7. The highest BCUT2D eigenvalue weighted by Gasteiger charge is 2.45. The molecule has 1 fully saturated rings. The number of nitrogens with zero attached hydrogens (tertiary/aromatic N) is 1. The molecule has 7 nitrogen and oxygen atoms in total. The van der Waals surface area contributed by atoms with E-state index in [0.717, 1.165) is 24.2 Å². The summed E-state index contributed by atoms with van der Waals surface area (Å²) in [5, 5.41) is 11.2. The lowest BCUT2D eigenvalue weighted by atomic mass is 9.94. The van der Waals surface area contributed by atoms with Gasteiger partial charge in [0.1, 0.15) is 17.3 Å². The molecule has 1 saturated heterocycles. The standard InChI is InChI=1S/C25H25NO6/c1-3-11-26-22(17-6-4-8-19(14-17)32-15(2)27)21(24(29)25(26)30)23(28)18-9-10-20-16(13-18)7-5-12-31-20/h4,6,8-10,13-14,22,28H,3,5,7,11-12H2,1-2H3/b23-21-. The molecule has 2 heterocycles. The van der Waals surface area contributed by atoms with E-state index in [4.69, 9.17) is 9.47 Å². The van der Waals surface area contributed by atoms with Gasteiger partial charge < -0.3 is 19.5 Å². The number of carbonyl (C=O) groups is 3. The van der Waals surface area contributed by atoms with Crippen molar-refractivity contribution in [1.29, 1.82) is 0 Å². The van der Waals surface area contributed by atoms with E-state index in [1.165, 1.54) is 11.8 Å². The maximum absolute atomic E-state index is 13.0. The van der Waals surface area contributed by atoms with Crippen molar-refractivity contribution < 1.29 is 29.0 Å². The van der Waals surface area contributed by atoms with Crippen LogP contribution in [0, 0.1) is 0 Å². The maximum Gasteiger partial charge on any atom is 0.308 e. The highest BCUT2D eigenvalue weighted by atomic mass is 16.5. The fourth-order valence-corrected chi connectivity index (χ4v) is 4.28. The molecule has 2 aliphatic rings. The quantitative estimate of drug-likeness (QED) is 0.253. The number of hydrogen-bond acceptors (Lipinski definition) is 6. The van der Waals surface area contributed by atoms with Crippen LogP contribution in [-0.2, 0) is 20.8 Å². The van der Waals surface area contributed by atoms with Crippen LogP contribution in [-0.4, -0.2) is 40.8 Å². The minimum atomic E-state index is -0.780. The molecule has 7 heteroatoms. The topological polar surface area (TPSA) is 93.1 Å². The van der Waals surface area contributed by atoms with Crippen LogP contribution in [0.3, 0.4) is 0 Å². The first-order valence-electron chi connectivity index (χ1n) is 10.7. The van der Waals surface area contributed by atoms with Crippen LogP contribution in [0.5, 0.6) is 11.5 Å². The highest BCUT2D eigenvalue weighted by molar-refractivity contribution is 6.46. The lowest BCUT2D eigenvalue weighted by Gasteiger charge is -2.25. The molecule has 0 radical (unpaired) electrons. The summed E-state index contributed by atoms with van der Waals surface area (Å²) in [5.41, 5.74) is 2.03. The van der Waals surface area contributed by atoms with Gasteiger partial charge in [-0.2, -0.15) is 0 Å². The molecule has 2 aromatic carbocycles. The van der Waals surface area contributed by atoms with Crippen molar-refractivity contribution in [1.82, 2.24) is 4.90 Å². The SMILES string of the molecule is CCCN1C(=O)C(=O)/C(=C(\O)c2ccc3c(c2)CCCO3)C1c1cccc(OC(C)=O)c1. The zero-order valence-corrected chi connectivity index (χ0v) is 18.1. The lowest BCUT2D eigenvalue weighted by molar-refractivity contribution is -0.139. The smallest absolute Gasteiger partial charge is 0.308 e. The van der Waals surface area contributed by atoms with Gasteiger partial charge in [-0.1, -0.05) is 19.1 Å². The fourth-order valence-electron chi connectivity index (χ4n) is 4.28. The Balaban J connectivity index is 1.84. The number of aliphatic hydroxyl groups is 1. The number of fused-ring (bicyclic) bond motifs is 1. The molecule has 0 bridgehead atoms. The molecule has 1 unspecified atom stereocenters. The molecule has 1 atom stereocenters. The monoisotopic (exact) mass is 435 g/mol. The summed E-state index contributed by atoms with van der Waals surface area (Å²) in [6.07, 6.45) is 2.33. The van der Waals surface area contributed by atoms with E-state index >= 15 is 0 Å². The van der Waals surface area contributed by atoms with Crippen molar-refractivity contribution in [2.24, 2.45) is 0 Å². The van der Waals surface area contributed by atoms with E-state index in [1.807, 2.05) is 13.0 Å². The number of aryl methyl sites for hydroxylation is 1. The van der Waals surface area contributed by atoms with E-state index in [2.05, 4.69) is 0 Å². The molecule has 4 rings (SSSR count). The van der Waals surface area contributed by atoms with Gasteiger partial charge in [-0.15, -0.1) is 0 Å². The largest absolute Gasteiger partial charge is 0.507 e. The normalized spacial score (nSPS) is 19.4. The minimum Gasteiger partial charge on any atom is -0.507 e. The number of hydrogen-bond donors (Lipinski definition) is 1. The van der Waals surface area contributed by atoms with Crippen LogP contribution in [0.2, 0.25) is 0 Å². The van der Waals surface area contributed by atoms with Gasteiger partial charge in [0.25, 0.3) is 11.7 Å². The van der Waals surface area contributed by atoms with E-state index in [0.29, 0.717) is 36.4 Å². The Morgan fingerprint density at radius 2 is 2.03 bits per heavy atom. The number of esters is 1. The van der Waals surface area contributed by atoms with Gasteiger partial charge in [0.2, 0.25) is 0 Å². The van der Waals surface area contributed by atoms with E-state index in [1.54, 1.807) is 36.4 Å². The predicted octanol–water partition coefficient (Wildman–Crippen LogP) is 3.77. The van der Waals surface area contributed by atoms with Crippen molar-refractivity contribution in [2.45, 2.75) is 39.2 Å². The molecule has 32 heavy (non-hydrogen) atoms. The Bertz CT molecular complexity index is 1120. The molecule has 0 aromatic heterocycles. The molecule has 0 aliphatic carbocycles. The van der Waals surface area contributed by atoms with Crippen molar-refractivity contribution in [3.63, 3.8) is 0 Å². The Labute approximate surface area is 186 Å². The van der Waals surface area contributed by atoms with Crippen LogP contribution < -0.4 is 9.47 Å². The molecule has 0 saturated carbocycles. The second-order valence-electron chi connectivity index (χ2n) is 7.93. The fraction of sp³-hybridized carbons (Fsp3) is 0.320. The second-order valence-corrected chi connectivity index (χ2v) is 7.93. The molecule has 2 aliphatic heterocycles. The van der Waals surface area contributed by atoms with Gasteiger partial charge in [-0.25, -0.2) is 0 Å². The number of benzene rings is 2. The maximum atomic E-state index is 13.0. The minimum absolute atomic E-state index is 0.0279. The Hall–Kier alpha value is -3.61. The summed E-state index contributed by atoms with van der Waals surface area (Å²) in [6.45, 7) is 4.21. The van der Waals surface area contributed by atoms with Crippen LogP contribution in [0.4, 0.5) is 0 Å². The molecule has 1 N–H and O–H groups in total.